The first-order valence-electron chi connectivity index (χ1n) is 6.16. The molecule has 0 saturated carbocycles. The molecule has 0 aromatic heterocycles. The molecule has 2 aromatic carbocycles. The van der Waals surface area contributed by atoms with Crippen LogP contribution in [0.3, 0.4) is 0 Å². The number of anilines is 1. The van der Waals surface area contributed by atoms with Gasteiger partial charge in [0.25, 0.3) is 0 Å². The Morgan fingerprint density at radius 2 is 1.86 bits per heavy atom. The molecule has 2 nitrogen and oxygen atoms in total. The van der Waals surface area contributed by atoms with Gasteiger partial charge >= 0.3 is 0 Å². The Bertz CT molecular complexity index is 711. The Hall–Kier alpha value is -2.56. The van der Waals surface area contributed by atoms with Crippen molar-refractivity contribution in [3.8, 4) is 0 Å². The molecule has 0 atom stereocenters. The highest BCUT2D eigenvalue weighted by Crippen LogP contribution is 2.19. The molecule has 0 radical (unpaired) electrons. The normalized spacial score (nSPS) is 10.9. The number of amides is 1. The molecule has 1 amide bonds. The minimum absolute atomic E-state index is 0.409. The molecule has 2 aromatic rings. The lowest BCUT2D eigenvalue weighted by atomic mass is 10.1. The van der Waals surface area contributed by atoms with E-state index in [1.807, 2.05) is 25.1 Å². The maximum Gasteiger partial charge on any atom is 0.248 e. The van der Waals surface area contributed by atoms with Gasteiger partial charge in [-0.05, 0) is 30.7 Å². The smallest absolute Gasteiger partial charge is 0.248 e. The zero-order chi connectivity index (χ0) is 15.4. The number of hydrogen-bond donors (Lipinski definition) is 1. The molecule has 108 valence electrons. The highest BCUT2D eigenvalue weighted by molar-refractivity contribution is 6.02. The number of carbonyl (C=O) groups excluding carboxylic acids is 1. The molecule has 0 heterocycles. The maximum atomic E-state index is 13.4. The van der Waals surface area contributed by atoms with Gasteiger partial charge in [-0.25, -0.2) is 13.2 Å². The average molecular weight is 291 g/mol. The van der Waals surface area contributed by atoms with Crippen molar-refractivity contribution in [1.82, 2.24) is 0 Å². The second-order valence-corrected chi connectivity index (χ2v) is 4.46. The molecular weight excluding hydrogens is 279 g/mol. The topological polar surface area (TPSA) is 29.1 Å². The highest BCUT2D eigenvalue weighted by atomic mass is 19.2. The molecule has 1 N–H and O–H groups in total. The van der Waals surface area contributed by atoms with Crippen LogP contribution < -0.4 is 5.32 Å². The fourth-order valence-electron chi connectivity index (χ4n) is 1.74. The Labute approximate surface area is 119 Å². The molecule has 0 bridgehead atoms. The van der Waals surface area contributed by atoms with E-state index < -0.39 is 29.0 Å². The molecule has 0 unspecified atom stereocenters. The largest absolute Gasteiger partial charge is 0.320 e. The second-order valence-electron chi connectivity index (χ2n) is 4.46. The first-order valence-corrected chi connectivity index (χ1v) is 6.16. The molecule has 2 rings (SSSR count). The van der Waals surface area contributed by atoms with Crippen molar-refractivity contribution in [3.05, 3.63) is 71.1 Å². The summed E-state index contributed by atoms with van der Waals surface area (Å²) in [6.45, 7) is 1.91. The van der Waals surface area contributed by atoms with Crippen molar-refractivity contribution < 1.29 is 18.0 Å². The number of halogens is 3. The summed E-state index contributed by atoms with van der Waals surface area (Å²) in [6.07, 6.45) is 2.73. The average Bonchev–Trinajstić information content (AvgIpc) is 2.46. The number of rotatable bonds is 3. The predicted molar refractivity (Wildman–Crippen MR) is 75.2 cm³/mol. The molecule has 0 aliphatic heterocycles. The van der Waals surface area contributed by atoms with E-state index in [4.69, 9.17) is 0 Å². The second kappa shape index (κ2) is 6.26. The van der Waals surface area contributed by atoms with Gasteiger partial charge in [0.15, 0.2) is 17.5 Å². The zero-order valence-corrected chi connectivity index (χ0v) is 11.2. The summed E-state index contributed by atoms with van der Waals surface area (Å²) in [4.78, 5) is 11.6. The minimum atomic E-state index is -1.62. The fourth-order valence-corrected chi connectivity index (χ4v) is 1.74. The monoisotopic (exact) mass is 291 g/mol. The molecule has 21 heavy (non-hydrogen) atoms. The molecule has 5 heteroatoms. The number of nitrogens with one attached hydrogen (secondary N) is 1. The maximum absolute atomic E-state index is 13.4. The summed E-state index contributed by atoms with van der Waals surface area (Å²) >= 11 is 0. The third-order valence-corrected chi connectivity index (χ3v) is 2.76. The van der Waals surface area contributed by atoms with Crippen molar-refractivity contribution in [2.75, 3.05) is 5.32 Å². The predicted octanol–water partition coefficient (Wildman–Crippen LogP) is 4.06. The van der Waals surface area contributed by atoms with Crippen molar-refractivity contribution in [1.29, 1.82) is 0 Å². The van der Waals surface area contributed by atoms with Crippen LogP contribution in [0.25, 0.3) is 6.08 Å². The van der Waals surface area contributed by atoms with Crippen LogP contribution in [-0.4, -0.2) is 5.91 Å². The number of aryl methyl sites for hydroxylation is 1. The lowest BCUT2D eigenvalue weighted by Gasteiger charge is -2.05. The van der Waals surface area contributed by atoms with E-state index in [0.717, 1.165) is 23.3 Å². The Morgan fingerprint density at radius 1 is 1.10 bits per heavy atom. The third-order valence-electron chi connectivity index (χ3n) is 2.76. The molecular formula is C16H12F3NO. The van der Waals surface area contributed by atoms with Crippen molar-refractivity contribution in [3.63, 3.8) is 0 Å². The van der Waals surface area contributed by atoms with E-state index >= 15 is 0 Å². The van der Waals surface area contributed by atoms with Gasteiger partial charge in [-0.3, -0.25) is 4.79 Å². The standard InChI is InChI=1S/C16H12F3NO/c1-10-3-2-4-11(9-10)5-8-14(21)20-13-7-6-12(17)15(18)16(13)19/h2-9H,1H3,(H,20,21). The van der Waals surface area contributed by atoms with Crippen LogP contribution in [0.4, 0.5) is 18.9 Å². The summed E-state index contributed by atoms with van der Waals surface area (Å²) in [7, 11) is 0. The van der Waals surface area contributed by atoms with Gasteiger partial charge in [-0.2, -0.15) is 0 Å². The van der Waals surface area contributed by atoms with E-state index in [1.165, 1.54) is 6.08 Å². The third kappa shape index (κ3) is 3.72. The van der Waals surface area contributed by atoms with Gasteiger partial charge in [0, 0.05) is 6.08 Å². The number of benzene rings is 2. The van der Waals surface area contributed by atoms with Crippen LogP contribution in [0, 0.1) is 24.4 Å². The van der Waals surface area contributed by atoms with E-state index in [2.05, 4.69) is 5.32 Å². The Morgan fingerprint density at radius 3 is 2.57 bits per heavy atom. The lowest BCUT2D eigenvalue weighted by Crippen LogP contribution is -2.10. The molecule has 0 saturated heterocycles. The lowest BCUT2D eigenvalue weighted by molar-refractivity contribution is -0.111. The van der Waals surface area contributed by atoms with Gasteiger partial charge in [-0.15, -0.1) is 0 Å². The summed E-state index contributed by atoms with van der Waals surface area (Å²) in [5, 5.41) is 2.16. The fraction of sp³-hybridized carbons (Fsp3) is 0.0625. The molecule has 0 aliphatic rings. The summed E-state index contributed by atoms with van der Waals surface area (Å²) < 4.78 is 39.2. The van der Waals surface area contributed by atoms with Gasteiger partial charge in [0.05, 0.1) is 5.69 Å². The minimum Gasteiger partial charge on any atom is -0.320 e. The number of hydrogen-bond acceptors (Lipinski definition) is 1. The van der Waals surface area contributed by atoms with Crippen LogP contribution in [0.1, 0.15) is 11.1 Å². The van der Waals surface area contributed by atoms with Gasteiger partial charge in [0.1, 0.15) is 0 Å². The zero-order valence-electron chi connectivity index (χ0n) is 11.2. The van der Waals surface area contributed by atoms with E-state index in [1.54, 1.807) is 12.1 Å². The molecule has 0 spiro atoms. The van der Waals surface area contributed by atoms with Gasteiger partial charge in [0.2, 0.25) is 5.91 Å². The van der Waals surface area contributed by atoms with Crippen LogP contribution in [0.2, 0.25) is 0 Å². The quantitative estimate of drug-likeness (QED) is 0.670. The van der Waals surface area contributed by atoms with Gasteiger partial charge < -0.3 is 5.32 Å². The van der Waals surface area contributed by atoms with Crippen molar-refractivity contribution >= 4 is 17.7 Å². The van der Waals surface area contributed by atoms with Gasteiger partial charge in [-0.1, -0.05) is 29.8 Å². The van der Waals surface area contributed by atoms with E-state index in [0.29, 0.717) is 0 Å². The first-order chi connectivity index (χ1) is 9.97. The molecule has 0 aliphatic carbocycles. The number of carbonyl (C=O) groups is 1. The SMILES string of the molecule is Cc1cccc(C=CC(=O)Nc2ccc(F)c(F)c2F)c1. The summed E-state index contributed by atoms with van der Waals surface area (Å²) in [5.41, 5.74) is 1.42. The Balaban J connectivity index is 2.10. The van der Waals surface area contributed by atoms with Crippen LogP contribution >= 0.6 is 0 Å². The van der Waals surface area contributed by atoms with Crippen LogP contribution in [-0.2, 0) is 4.79 Å². The van der Waals surface area contributed by atoms with Crippen LogP contribution in [0.5, 0.6) is 0 Å². The van der Waals surface area contributed by atoms with Crippen molar-refractivity contribution in [2.24, 2.45) is 0 Å². The van der Waals surface area contributed by atoms with Crippen LogP contribution in [0.15, 0.2) is 42.5 Å². The van der Waals surface area contributed by atoms with E-state index in [-0.39, 0.29) is 0 Å². The summed E-state index contributed by atoms with van der Waals surface area (Å²) in [6, 6.07) is 9.12. The van der Waals surface area contributed by atoms with E-state index in [9.17, 15) is 18.0 Å². The van der Waals surface area contributed by atoms with Crippen molar-refractivity contribution in [2.45, 2.75) is 6.92 Å². The highest BCUT2D eigenvalue weighted by Gasteiger charge is 2.14. The first kappa shape index (κ1) is 14.8. The molecule has 0 fully saturated rings. The summed E-state index contributed by atoms with van der Waals surface area (Å²) in [5.74, 6) is -4.98. The Kier molecular flexibility index (Phi) is 4.42.